The van der Waals surface area contributed by atoms with E-state index < -0.39 is 6.10 Å². The lowest BCUT2D eigenvalue weighted by molar-refractivity contribution is -0.00531. The predicted octanol–water partition coefficient (Wildman–Crippen LogP) is 1.90. The minimum absolute atomic E-state index is 0.382. The Morgan fingerprint density at radius 2 is 2.32 bits per heavy atom. The molecular weight excluding hydrogens is 260 g/mol. The lowest BCUT2D eigenvalue weighted by Gasteiger charge is -2.15. The second-order valence-electron chi connectivity index (χ2n) is 5.21. The van der Waals surface area contributed by atoms with Crippen LogP contribution in [-0.4, -0.2) is 42.0 Å². The zero-order chi connectivity index (χ0) is 13.5. The first-order valence-corrected chi connectivity index (χ1v) is 8.03. The van der Waals surface area contributed by atoms with E-state index in [2.05, 4.69) is 15.7 Å². The molecule has 0 saturated heterocycles. The van der Waals surface area contributed by atoms with Crippen LogP contribution in [0.1, 0.15) is 36.4 Å². The Bertz CT molecular complexity index is 364. The lowest BCUT2D eigenvalue weighted by Crippen LogP contribution is -2.32. The summed E-state index contributed by atoms with van der Waals surface area (Å²) in [7, 11) is 0. The van der Waals surface area contributed by atoms with Crippen molar-refractivity contribution in [1.82, 2.24) is 10.3 Å². The van der Waals surface area contributed by atoms with E-state index in [9.17, 15) is 5.11 Å². The monoisotopic (exact) mass is 284 g/mol. The molecule has 1 heterocycles. The summed E-state index contributed by atoms with van der Waals surface area (Å²) in [6, 6.07) is 0. The van der Waals surface area contributed by atoms with Crippen LogP contribution in [0.3, 0.4) is 0 Å². The lowest BCUT2D eigenvalue weighted by atomic mass is 10.3. The molecule has 4 nitrogen and oxygen atoms in total. The quantitative estimate of drug-likeness (QED) is 0.716. The van der Waals surface area contributed by atoms with Crippen LogP contribution >= 0.6 is 11.3 Å². The molecule has 1 saturated carbocycles. The third-order valence-corrected chi connectivity index (χ3v) is 4.25. The summed E-state index contributed by atoms with van der Waals surface area (Å²) in [5.74, 6) is 0. The van der Waals surface area contributed by atoms with E-state index in [0.717, 1.165) is 36.5 Å². The van der Waals surface area contributed by atoms with Crippen LogP contribution in [-0.2, 0) is 11.2 Å². The molecule has 0 aromatic carbocycles. The molecule has 5 heteroatoms. The van der Waals surface area contributed by atoms with Gasteiger partial charge in [-0.05, 0) is 19.8 Å². The van der Waals surface area contributed by atoms with Gasteiger partial charge in [0.15, 0.2) is 0 Å². The van der Waals surface area contributed by atoms with Gasteiger partial charge in [0.25, 0.3) is 0 Å². The van der Waals surface area contributed by atoms with Gasteiger partial charge in [0, 0.05) is 24.9 Å². The number of hydrogen-bond donors (Lipinski definition) is 2. The first-order chi connectivity index (χ1) is 9.24. The van der Waals surface area contributed by atoms with Crippen molar-refractivity contribution in [3.8, 4) is 0 Å². The summed E-state index contributed by atoms with van der Waals surface area (Å²) in [4.78, 5) is 4.41. The Balaban J connectivity index is 1.50. The van der Waals surface area contributed by atoms with Gasteiger partial charge in [-0.15, -0.1) is 11.3 Å². The summed E-state index contributed by atoms with van der Waals surface area (Å²) in [6.45, 7) is 3.92. The number of aliphatic hydroxyl groups is 1. The van der Waals surface area contributed by atoms with E-state index in [-0.39, 0.29) is 0 Å². The maximum Gasteiger partial charge on any atom is 0.0897 e. The molecule has 1 atom stereocenters. The number of aromatic nitrogens is 1. The van der Waals surface area contributed by atoms with Crippen LogP contribution in [0.5, 0.6) is 0 Å². The molecule has 1 fully saturated rings. The molecule has 108 valence electrons. The molecule has 0 spiro atoms. The number of nitrogens with one attached hydrogen (secondary N) is 1. The average molecular weight is 284 g/mol. The summed E-state index contributed by atoms with van der Waals surface area (Å²) >= 11 is 1.68. The maximum absolute atomic E-state index is 9.81. The molecule has 1 aliphatic rings. The van der Waals surface area contributed by atoms with Crippen molar-refractivity contribution in [2.75, 3.05) is 19.7 Å². The van der Waals surface area contributed by atoms with Gasteiger partial charge in [0.1, 0.15) is 0 Å². The molecule has 1 aromatic rings. The van der Waals surface area contributed by atoms with Crippen LogP contribution in [0.2, 0.25) is 0 Å². The van der Waals surface area contributed by atoms with E-state index in [1.807, 2.05) is 6.92 Å². The summed E-state index contributed by atoms with van der Waals surface area (Å²) in [6.07, 6.45) is 5.75. The third kappa shape index (κ3) is 5.57. The van der Waals surface area contributed by atoms with Crippen molar-refractivity contribution < 1.29 is 9.84 Å². The van der Waals surface area contributed by atoms with Crippen molar-refractivity contribution in [1.29, 1.82) is 0 Å². The molecule has 0 bridgehead atoms. The Hall–Kier alpha value is -0.490. The standard InChI is InChI=1S/C14H24N2O2S/c1-11-16-12(10-19-11)6-7-15-8-13(17)9-18-14-4-2-3-5-14/h10,13-15,17H,2-9H2,1H3. The molecule has 1 unspecified atom stereocenters. The molecule has 19 heavy (non-hydrogen) atoms. The number of thiazole rings is 1. The van der Waals surface area contributed by atoms with Gasteiger partial charge in [0.2, 0.25) is 0 Å². The van der Waals surface area contributed by atoms with Crippen LogP contribution in [0, 0.1) is 6.92 Å². The summed E-state index contributed by atoms with van der Waals surface area (Å²) in [5, 5.41) is 16.3. The minimum Gasteiger partial charge on any atom is -0.389 e. The number of rotatable bonds is 8. The molecule has 2 rings (SSSR count). The van der Waals surface area contributed by atoms with Gasteiger partial charge in [-0.2, -0.15) is 0 Å². The number of aliphatic hydroxyl groups excluding tert-OH is 1. The zero-order valence-electron chi connectivity index (χ0n) is 11.6. The van der Waals surface area contributed by atoms with Crippen LogP contribution in [0.25, 0.3) is 0 Å². The summed E-state index contributed by atoms with van der Waals surface area (Å²) in [5.41, 5.74) is 1.13. The topological polar surface area (TPSA) is 54.4 Å². The van der Waals surface area contributed by atoms with E-state index in [4.69, 9.17) is 4.74 Å². The van der Waals surface area contributed by atoms with Gasteiger partial charge in [-0.1, -0.05) is 12.8 Å². The van der Waals surface area contributed by atoms with Crippen LogP contribution < -0.4 is 5.32 Å². The highest BCUT2D eigenvalue weighted by Gasteiger charge is 2.16. The molecule has 0 amide bonds. The molecule has 0 radical (unpaired) electrons. The fraction of sp³-hybridized carbons (Fsp3) is 0.786. The highest BCUT2D eigenvalue weighted by Crippen LogP contribution is 2.20. The fourth-order valence-electron chi connectivity index (χ4n) is 2.37. The number of hydrogen-bond acceptors (Lipinski definition) is 5. The van der Waals surface area contributed by atoms with E-state index in [1.54, 1.807) is 11.3 Å². The van der Waals surface area contributed by atoms with Crippen molar-refractivity contribution in [3.05, 3.63) is 16.1 Å². The van der Waals surface area contributed by atoms with Gasteiger partial charge in [-0.3, -0.25) is 0 Å². The normalized spacial score (nSPS) is 18.0. The number of ether oxygens (including phenoxy) is 1. The zero-order valence-corrected chi connectivity index (χ0v) is 12.4. The molecule has 2 N–H and O–H groups in total. The molecule has 1 aliphatic carbocycles. The van der Waals surface area contributed by atoms with Gasteiger partial charge in [0.05, 0.1) is 29.5 Å². The summed E-state index contributed by atoms with van der Waals surface area (Å²) < 4.78 is 5.68. The predicted molar refractivity (Wildman–Crippen MR) is 77.6 cm³/mol. The second-order valence-corrected chi connectivity index (χ2v) is 6.27. The van der Waals surface area contributed by atoms with Crippen molar-refractivity contribution in [2.24, 2.45) is 0 Å². The van der Waals surface area contributed by atoms with Crippen molar-refractivity contribution >= 4 is 11.3 Å². The molecule has 1 aromatic heterocycles. The van der Waals surface area contributed by atoms with E-state index in [1.165, 1.54) is 12.8 Å². The third-order valence-electron chi connectivity index (χ3n) is 3.43. The van der Waals surface area contributed by atoms with Gasteiger partial charge < -0.3 is 15.2 Å². The Kier molecular flexibility index (Phi) is 6.23. The fourth-order valence-corrected chi connectivity index (χ4v) is 3.02. The van der Waals surface area contributed by atoms with Crippen LogP contribution in [0.4, 0.5) is 0 Å². The van der Waals surface area contributed by atoms with Gasteiger partial charge in [-0.25, -0.2) is 4.98 Å². The van der Waals surface area contributed by atoms with E-state index in [0.29, 0.717) is 19.3 Å². The SMILES string of the molecule is Cc1nc(CCNCC(O)COC2CCCC2)cs1. The van der Waals surface area contributed by atoms with E-state index >= 15 is 0 Å². The highest BCUT2D eigenvalue weighted by atomic mass is 32.1. The molecule has 0 aliphatic heterocycles. The smallest absolute Gasteiger partial charge is 0.0897 e. The minimum atomic E-state index is -0.405. The Morgan fingerprint density at radius 3 is 3.00 bits per heavy atom. The Labute approximate surface area is 119 Å². The number of nitrogens with zero attached hydrogens (tertiary/aromatic N) is 1. The Morgan fingerprint density at radius 1 is 1.53 bits per heavy atom. The molecular formula is C14H24N2O2S. The van der Waals surface area contributed by atoms with Gasteiger partial charge >= 0.3 is 0 Å². The highest BCUT2D eigenvalue weighted by molar-refractivity contribution is 7.09. The second kappa shape index (κ2) is 7.94. The first-order valence-electron chi connectivity index (χ1n) is 7.15. The first kappa shape index (κ1) is 14.9. The van der Waals surface area contributed by atoms with Crippen molar-refractivity contribution in [3.63, 3.8) is 0 Å². The van der Waals surface area contributed by atoms with Crippen molar-refractivity contribution in [2.45, 2.75) is 51.2 Å². The van der Waals surface area contributed by atoms with Crippen LogP contribution in [0.15, 0.2) is 5.38 Å². The number of aryl methyl sites for hydroxylation is 1. The maximum atomic E-state index is 9.81. The largest absolute Gasteiger partial charge is 0.389 e. The average Bonchev–Trinajstić information content (AvgIpc) is 3.04.